The third kappa shape index (κ3) is 6.39. The highest BCUT2D eigenvalue weighted by Crippen LogP contribution is 2.38. The molecule has 37 heavy (non-hydrogen) atoms. The lowest BCUT2D eigenvalue weighted by Gasteiger charge is -2.23. The second kappa shape index (κ2) is 11.2. The van der Waals surface area contributed by atoms with Crippen LogP contribution < -0.4 is 10.1 Å². The van der Waals surface area contributed by atoms with Crippen LogP contribution in [0, 0.1) is 0 Å². The number of nitrogens with zero attached hydrogens (tertiary/aromatic N) is 1. The van der Waals surface area contributed by atoms with Crippen LogP contribution in [-0.2, 0) is 15.8 Å². The molecule has 0 saturated carbocycles. The number of carbonyl (C=O) groups is 2. The van der Waals surface area contributed by atoms with Crippen LogP contribution >= 0.6 is 24.0 Å². The van der Waals surface area contributed by atoms with Gasteiger partial charge in [0.2, 0.25) is 0 Å². The molecule has 0 aliphatic carbocycles. The first kappa shape index (κ1) is 26.4. The highest BCUT2D eigenvalue weighted by Gasteiger charge is 2.36. The molecule has 1 saturated heterocycles. The van der Waals surface area contributed by atoms with Crippen LogP contribution in [0.1, 0.15) is 29.7 Å². The monoisotopic (exact) mass is 542 g/mol. The van der Waals surface area contributed by atoms with Gasteiger partial charge >= 0.3 is 6.18 Å². The Balaban J connectivity index is 1.42. The average molecular weight is 543 g/mol. The first-order valence-corrected chi connectivity index (χ1v) is 12.4. The Morgan fingerprint density at radius 2 is 1.78 bits per heavy atom. The van der Waals surface area contributed by atoms with Crippen LogP contribution in [-0.4, -0.2) is 27.6 Å². The molecule has 1 N–H and O–H groups in total. The first-order chi connectivity index (χ1) is 17.6. The number of thiocarbonyl (C=S) groups is 1. The van der Waals surface area contributed by atoms with E-state index in [2.05, 4.69) is 5.32 Å². The highest BCUT2D eigenvalue weighted by molar-refractivity contribution is 8.26. The van der Waals surface area contributed by atoms with E-state index in [4.69, 9.17) is 17.0 Å². The number of hydrogen-bond donors (Lipinski definition) is 1. The number of carbonyl (C=O) groups excluding carboxylic acids is 2. The molecule has 0 aromatic heterocycles. The van der Waals surface area contributed by atoms with E-state index in [1.165, 1.54) is 30.0 Å². The number of benzene rings is 3. The summed E-state index contributed by atoms with van der Waals surface area (Å²) in [6.45, 7) is 1.42. The van der Waals surface area contributed by atoms with Gasteiger partial charge in [0.25, 0.3) is 11.8 Å². The summed E-state index contributed by atoms with van der Waals surface area (Å²) in [6, 6.07) is 20.8. The normalized spacial score (nSPS) is 15.7. The van der Waals surface area contributed by atoms with E-state index in [0.29, 0.717) is 20.5 Å². The molecule has 4 rings (SSSR count). The fraction of sp³-hybridized carbons (Fsp3) is 0.148. The zero-order valence-electron chi connectivity index (χ0n) is 19.5. The van der Waals surface area contributed by atoms with Gasteiger partial charge in [-0.3, -0.25) is 14.5 Å². The van der Waals surface area contributed by atoms with Crippen LogP contribution in [0.15, 0.2) is 83.8 Å². The van der Waals surface area contributed by atoms with Crippen molar-refractivity contribution in [2.75, 3.05) is 11.9 Å². The fourth-order valence-corrected chi connectivity index (χ4v) is 5.13. The van der Waals surface area contributed by atoms with E-state index in [0.717, 1.165) is 11.6 Å². The zero-order valence-corrected chi connectivity index (χ0v) is 21.1. The van der Waals surface area contributed by atoms with E-state index < -0.39 is 24.3 Å². The molecule has 10 heteroatoms. The van der Waals surface area contributed by atoms with Crippen LogP contribution in [0.5, 0.6) is 5.75 Å². The Morgan fingerprint density at radius 1 is 1.08 bits per heavy atom. The molecule has 1 atom stereocenters. The number of nitrogens with one attached hydrogen (secondary N) is 1. The summed E-state index contributed by atoms with van der Waals surface area (Å²) in [6.07, 6.45) is -2.91. The number of alkyl halides is 3. The highest BCUT2D eigenvalue weighted by atomic mass is 32.2. The maximum absolute atomic E-state index is 13.1. The topological polar surface area (TPSA) is 58.6 Å². The van der Waals surface area contributed by atoms with Crippen molar-refractivity contribution >= 4 is 51.9 Å². The average Bonchev–Trinajstić information content (AvgIpc) is 3.15. The van der Waals surface area contributed by atoms with Crippen molar-refractivity contribution in [3.8, 4) is 5.75 Å². The maximum atomic E-state index is 13.1. The van der Waals surface area contributed by atoms with Gasteiger partial charge in [-0.25, -0.2) is 0 Å². The van der Waals surface area contributed by atoms with Gasteiger partial charge in [-0.05, 0) is 48.4 Å². The van der Waals surface area contributed by atoms with Crippen LogP contribution in [0.4, 0.5) is 18.9 Å². The first-order valence-electron chi connectivity index (χ1n) is 11.1. The van der Waals surface area contributed by atoms with Crippen molar-refractivity contribution in [2.24, 2.45) is 0 Å². The molecule has 0 radical (unpaired) electrons. The number of thioether (sulfide) groups is 1. The van der Waals surface area contributed by atoms with E-state index in [-0.39, 0.29) is 17.6 Å². The number of amides is 2. The second-order valence-electron chi connectivity index (χ2n) is 8.09. The van der Waals surface area contributed by atoms with Crippen LogP contribution in [0.3, 0.4) is 0 Å². The molecule has 0 spiro atoms. The molecule has 0 unspecified atom stereocenters. The van der Waals surface area contributed by atoms with Crippen molar-refractivity contribution < 1.29 is 27.5 Å². The standard InChI is InChI=1S/C27H21F3N2O3S2/c1-17(19-9-3-2-4-10-19)32-25(34)23(37-26(32)36)15-18-8-7-11-20(14-18)35-16-24(33)31-22-13-6-5-12-21(22)27(28,29)30/h2-15,17H,16H2,1H3,(H,31,33)/b23-15-/t17-/m0/s1. The second-order valence-corrected chi connectivity index (χ2v) is 9.77. The van der Waals surface area contributed by atoms with Gasteiger partial charge in [-0.2, -0.15) is 13.2 Å². The summed E-state index contributed by atoms with van der Waals surface area (Å²) >= 11 is 6.66. The summed E-state index contributed by atoms with van der Waals surface area (Å²) in [5.74, 6) is -0.626. The molecule has 3 aromatic rings. The number of rotatable bonds is 7. The van der Waals surface area contributed by atoms with Crippen molar-refractivity contribution in [2.45, 2.75) is 19.1 Å². The number of halogens is 3. The number of hydrogen-bond acceptors (Lipinski definition) is 5. The predicted octanol–water partition coefficient (Wildman–Crippen LogP) is 6.69. The minimum Gasteiger partial charge on any atom is -0.484 e. The molecular formula is C27H21F3N2O3S2. The molecular weight excluding hydrogens is 521 g/mol. The minimum absolute atomic E-state index is 0.208. The van der Waals surface area contributed by atoms with Gasteiger partial charge in [0.05, 0.1) is 22.2 Å². The van der Waals surface area contributed by atoms with Crippen molar-refractivity contribution in [3.05, 3.63) is 100 Å². The quantitative estimate of drug-likeness (QED) is 0.267. The summed E-state index contributed by atoms with van der Waals surface area (Å²) < 4.78 is 45.4. The SMILES string of the molecule is C[C@@H](c1ccccc1)N1C(=O)/C(=C/c2cccc(OCC(=O)Nc3ccccc3C(F)(F)F)c2)SC1=S. The Bertz CT molecular complexity index is 1360. The summed E-state index contributed by atoms with van der Waals surface area (Å²) in [4.78, 5) is 27.4. The van der Waals surface area contributed by atoms with E-state index >= 15 is 0 Å². The largest absolute Gasteiger partial charge is 0.484 e. The Kier molecular flexibility index (Phi) is 7.99. The van der Waals surface area contributed by atoms with Gasteiger partial charge in [0.15, 0.2) is 6.61 Å². The third-order valence-corrected chi connectivity index (χ3v) is 6.86. The molecule has 1 heterocycles. The van der Waals surface area contributed by atoms with Gasteiger partial charge in [0.1, 0.15) is 10.1 Å². The lowest BCUT2D eigenvalue weighted by Crippen LogP contribution is -2.30. The summed E-state index contributed by atoms with van der Waals surface area (Å²) in [7, 11) is 0. The predicted molar refractivity (Wildman–Crippen MR) is 142 cm³/mol. The minimum atomic E-state index is -4.60. The van der Waals surface area contributed by atoms with Crippen molar-refractivity contribution in [3.63, 3.8) is 0 Å². The van der Waals surface area contributed by atoms with Crippen LogP contribution in [0.25, 0.3) is 6.08 Å². The molecule has 1 aliphatic rings. The molecule has 0 bridgehead atoms. The van der Waals surface area contributed by atoms with E-state index in [1.807, 2.05) is 37.3 Å². The molecule has 5 nitrogen and oxygen atoms in total. The van der Waals surface area contributed by atoms with Gasteiger partial charge in [0, 0.05) is 0 Å². The maximum Gasteiger partial charge on any atom is 0.418 e. The Labute approximate surface area is 221 Å². The summed E-state index contributed by atoms with van der Waals surface area (Å²) in [5.41, 5.74) is 0.327. The zero-order chi connectivity index (χ0) is 26.6. The Morgan fingerprint density at radius 3 is 2.51 bits per heavy atom. The van der Waals surface area contributed by atoms with Crippen molar-refractivity contribution in [1.82, 2.24) is 4.90 Å². The third-order valence-electron chi connectivity index (χ3n) is 5.53. The number of para-hydroxylation sites is 1. The van der Waals surface area contributed by atoms with Gasteiger partial charge in [-0.15, -0.1) is 0 Å². The smallest absolute Gasteiger partial charge is 0.418 e. The van der Waals surface area contributed by atoms with Gasteiger partial charge < -0.3 is 10.1 Å². The van der Waals surface area contributed by atoms with E-state index in [9.17, 15) is 22.8 Å². The molecule has 2 amide bonds. The lowest BCUT2D eigenvalue weighted by atomic mass is 10.1. The molecule has 1 aliphatic heterocycles. The molecule has 1 fully saturated rings. The van der Waals surface area contributed by atoms with Crippen LogP contribution in [0.2, 0.25) is 0 Å². The molecule has 3 aromatic carbocycles. The fourth-order valence-electron chi connectivity index (χ4n) is 3.71. The summed E-state index contributed by atoms with van der Waals surface area (Å²) in [5, 5.41) is 2.24. The molecule has 190 valence electrons. The number of ether oxygens (including phenoxy) is 1. The van der Waals surface area contributed by atoms with E-state index in [1.54, 1.807) is 35.2 Å². The van der Waals surface area contributed by atoms with Crippen molar-refractivity contribution in [1.29, 1.82) is 0 Å². The Hall–Kier alpha value is -3.63. The number of anilines is 1. The van der Waals surface area contributed by atoms with Gasteiger partial charge in [-0.1, -0.05) is 78.6 Å². The lowest BCUT2D eigenvalue weighted by molar-refractivity contribution is -0.137.